The van der Waals surface area contributed by atoms with Crippen LogP contribution in [0.25, 0.3) is 0 Å². The number of nitrogens with zero attached hydrogens (tertiary/aromatic N) is 2. The van der Waals surface area contributed by atoms with E-state index in [1.54, 1.807) is 20.2 Å². The van der Waals surface area contributed by atoms with Crippen LogP contribution in [0.5, 0.6) is 11.5 Å². The van der Waals surface area contributed by atoms with E-state index in [2.05, 4.69) is 32.7 Å². The average molecular weight is 572 g/mol. The van der Waals surface area contributed by atoms with Crippen LogP contribution in [0.15, 0.2) is 47.5 Å². The molecule has 0 bridgehead atoms. The Labute approximate surface area is 212 Å². The van der Waals surface area contributed by atoms with E-state index in [1.165, 1.54) is 11.6 Å². The quantitative estimate of drug-likeness (QED) is 0.272. The third kappa shape index (κ3) is 8.01. The van der Waals surface area contributed by atoms with Crippen LogP contribution in [-0.4, -0.2) is 64.5 Å². The number of hydrogen-bond donors (Lipinski definition) is 2. The number of aliphatic imine (C=N–C) groups is 1. The van der Waals surface area contributed by atoms with E-state index >= 15 is 0 Å². The second kappa shape index (κ2) is 14.2. The van der Waals surface area contributed by atoms with Gasteiger partial charge in [0.1, 0.15) is 5.75 Å². The minimum Gasteiger partial charge on any atom is -0.497 e. The Hall–Kier alpha value is -2.11. The summed E-state index contributed by atoms with van der Waals surface area (Å²) >= 11 is 0. The first-order chi connectivity index (χ1) is 15.6. The van der Waals surface area contributed by atoms with E-state index < -0.39 is 0 Å². The Balaban J connectivity index is 0.00000385. The fourth-order valence-electron chi connectivity index (χ4n) is 3.70. The van der Waals surface area contributed by atoms with Gasteiger partial charge in [-0.3, -0.25) is 9.89 Å². The number of benzene rings is 2. The molecule has 0 aliphatic carbocycles. The minimum absolute atomic E-state index is 0. The highest BCUT2D eigenvalue weighted by Gasteiger charge is 2.23. The molecule has 1 unspecified atom stereocenters. The first kappa shape index (κ1) is 27.1. The summed E-state index contributed by atoms with van der Waals surface area (Å²) in [6, 6.07) is 13.3. The molecule has 2 aromatic rings. The molecular formula is C24H34FIN4O3. The van der Waals surface area contributed by atoms with Crippen LogP contribution in [0.2, 0.25) is 0 Å². The molecule has 1 saturated heterocycles. The van der Waals surface area contributed by atoms with Gasteiger partial charge >= 0.3 is 0 Å². The van der Waals surface area contributed by atoms with Crippen molar-refractivity contribution in [1.82, 2.24) is 15.5 Å². The Morgan fingerprint density at radius 2 is 1.88 bits per heavy atom. The summed E-state index contributed by atoms with van der Waals surface area (Å²) in [6.07, 6.45) is 0. The molecule has 2 aromatic carbocycles. The van der Waals surface area contributed by atoms with Crippen LogP contribution in [0, 0.1) is 5.82 Å². The highest BCUT2D eigenvalue weighted by atomic mass is 127. The molecule has 3 rings (SSSR count). The molecular weight excluding hydrogens is 538 g/mol. The molecule has 1 heterocycles. The first-order valence-electron chi connectivity index (χ1n) is 11.0. The van der Waals surface area contributed by atoms with Crippen molar-refractivity contribution in [2.24, 2.45) is 4.99 Å². The second-order valence-electron chi connectivity index (χ2n) is 7.44. The highest BCUT2D eigenvalue weighted by Crippen LogP contribution is 2.24. The molecule has 33 heavy (non-hydrogen) atoms. The number of nitrogens with one attached hydrogen (secondary N) is 2. The zero-order chi connectivity index (χ0) is 22.8. The lowest BCUT2D eigenvalue weighted by Gasteiger charge is -2.35. The van der Waals surface area contributed by atoms with Crippen LogP contribution >= 0.6 is 24.0 Å². The molecule has 0 aromatic heterocycles. The van der Waals surface area contributed by atoms with Crippen molar-refractivity contribution in [2.45, 2.75) is 19.5 Å². The summed E-state index contributed by atoms with van der Waals surface area (Å²) in [7, 11) is 3.40. The van der Waals surface area contributed by atoms with Gasteiger partial charge < -0.3 is 24.8 Å². The molecule has 2 N–H and O–H groups in total. The number of rotatable bonds is 9. The maximum absolute atomic E-state index is 14.1. The topological polar surface area (TPSA) is 67.3 Å². The monoisotopic (exact) mass is 572 g/mol. The molecule has 0 radical (unpaired) electrons. The Morgan fingerprint density at radius 3 is 2.48 bits per heavy atom. The van der Waals surface area contributed by atoms with Crippen LogP contribution in [0.3, 0.4) is 0 Å². The minimum atomic E-state index is -0.360. The first-order valence-corrected chi connectivity index (χ1v) is 11.0. The summed E-state index contributed by atoms with van der Waals surface area (Å²) < 4.78 is 30.2. The fraction of sp³-hybridized carbons (Fsp3) is 0.458. The van der Waals surface area contributed by atoms with Gasteiger partial charge in [0, 0.05) is 33.2 Å². The number of ether oxygens (including phenoxy) is 3. The SMILES string of the molecule is CCOc1ccc(CNC(=NC)NCC(c2ccc(OC)cc2)N2CCOCC2)cc1F.I. The number of guanidine groups is 1. The van der Waals surface area contributed by atoms with Crippen molar-refractivity contribution in [3.05, 3.63) is 59.4 Å². The molecule has 1 aliphatic heterocycles. The number of methoxy groups -OCH3 is 1. The number of halogens is 2. The number of hydrogen-bond acceptors (Lipinski definition) is 5. The smallest absolute Gasteiger partial charge is 0.191 e. The van der Waals surface area contributed by atoms with E-state index in [0.29, 0.717) is 25.7 Å². The lowest BCUT2D eigenvalue weighted by molar-refractivity contribution is 0.0170. The Morgan fingerprint density at radius 1 is 1.15 bits per heavy atom. The highest BCUT2D eigenvalue weighted by molar-refractivity contribution is 14.0. The van der Waals surface area contributed by atoms with Gasteiger partial charge in [0.15, 0.2) is 17.5 Å². The third-order valence-corrected chi connectivity index (χ3v) is 5.43. The fourth-order valence-corrected chi connectivity index (χ4v) is 3.70. The van der Waals surface area contributed by atoms with Gasteiger partial charge in [-0.25, -0.2) is 4.39 Å². The van der Waals surface area contributed by atoms with E-state index in [1.807, 2.05) is 25.1 Å². The largest absolute Gasteiger partial charge is 0.497 e. The van der Waals surface area contributed by atoms with Crippen molar-refractivity contribution < 1.29 is 18.6 Å². The summed E-state index contributed by atoms with van der Waals surface area (Å²) in [5.41, 5.74) is 2.01. The second-order valence-corrected chi connectivity index (χ2v) is 7.44. The van der Waals surface area contributed by atoms with Crippen LogP contribution in [0.1, 0.15) is 24.1 Å². The standard InChI is InChI=1S/C24H33FN4O3.HI/c1-4-32-23-10-5-18(15-21(23)25)16-27-24(26-2)28-17-22(29-11-13-31-14-12-29)19-6-8-20(30-3)9-7-19;/h5-10,15,22H,4,11-14,16-17H2,1-3H3,(H2,26,27,28);1H. The molecule has 0 amide bonds. The molecule has 1 fully saturated rings. The normalized spacial score (nSPS) is 15.3. The maximum atomic E-state index is 14.1. The van der Waals surface area contributed by atoms with Crippen molar-refractivity contribution >= 4 is 29.9 Å². The van der Waals surface area contributed by atoms with Gasteiger partial charge in [-0.1, -0.05) is 18.2 Å². The summed E-state index contributed by atoms with van der Waals surface area (Å²) in [4.78, 5) is 6.73. The van der Waals surface area contributed by atoms with E-state index in [-0.39, 0.29) is 41.6 Å². The third-order valence-electron chi connectivity index (χ3n) is 5.43. The molecule has 1 aliphatic rings. The van der Waals surface area contributed by atoms with Gasteiger partial charge in [-0.15, -0.1) is 24.0 Å². The molecule has 0 saturated carbocycles. The molecule has 7 nitrogen and oxygen atoms in total. The van der Waals surface area contributed by atoms with E-state index in [0.717, 1.165) is 37.6 Å². The summed E-state index contributed by atoms with van der Waals surface area (Å²) in [6.45, 7) is 6.58. The number of morpholine rings is 1. The molecule has 9 heteroatoms. The molecule has 0 spiro atoms. The predicted molar refractivity (Wildman–Crippen MR) is 139 cm³/mol. The van der Waals surface area contributed by atoms with E-state index in [4.69, 9.17) is 14.2 Å². The van der Waals surface area contributed by atoms with Crippen molar-refractivity contribution in [2.75, 3.05) is 53.6 Å². The van der Waals surface area contributed by atoms with Gasteiger partial charge in [0.05, 0.1) is 33.0 Å². The lowest BCUT2D eigenvalue weighted by atomic mass is 10.0. The van der Waals surface area contributed by atoms with Gasteiger partial charge in [-0.2, -0.15) is 0 Å². The van der Waals surface area contributed by atoms with Crippen LogP contribution in [-0.2, 0) is 11.3 Å². The van der Waals surface area contributed by atoms with Crippen molar-refractivity contribution in [1.29, 1.82) is 0 Å². The summed E-state index contributed by atoms with van der Waals surface area (Å²) in [5, 5.41) is 6.68. The zero-order valence-electron chi connectivity index (χ0n) is 19.5. The van der Waals surface area contributed by atoms with Gasteiger partial charge in [0.2, 0.25) is 0 Å². The van der Waals surface area contributed by atoms with Crippen LogP contribution < -0.4 is 20.1 Å². The van der Waals surface area contributed by atoms with Gasteiger partial charge in [0.25, 0.3) is 0 Å². The lowest BCUT2D eigenvalue weighted by Crippen LogP contribution is -2.46. The maximum Gasteiger partial charge on any atom is 0.191 e. The van der Waals surface area contributed by atoms with Crippen LogP contribution in [0.4, 0.5) is 4.39 Å². The van der Waals surface area contributed by atoms with Gasteiger partial charge in [-0.05, 0) is 42.3 Å². The predicted octanol–water partition coefficient (Wildman–Crippen LogP) is 3.59. The zero-order valence-corrected chi connectivity index (χ0v) is 21.8. The Kier molecular flexibility index (Phi) is 11.7. The average Bonchev–Trinajstić information content (AvgIpc) is 2.84. The summed E-state index contributed by atoms with van der Waals surface area (Å²) in [5.74, 6) is 1.40. The molecule has 182 valence electrons. The Bertz CT molecular complexity index is 877. The molecule has 1 atom stereocenters. The van der Waals surface area contributed by atoms with Crippen molar-refractivity contribution in [3.8, 4) is 11.5 Å². The van der Waals surface area contributed by atoms with E-state index in [9.17, 15) is 4.39 Å². The van der Waals surface area contributed by atoms with Crippen molar-refractivity contribution in [3.63, 3.8) is 0 Å².